The second-order valence-electron chi connectivity index (χ2n) is 9.38. The minimum Gasteiger partial charge on any atom is -0.495 e. The van der Waals surface area contributed by atoms with Gasteiger partial charge in [-0.15, -0.1) is 0 Å². The van der Waals surface area contributed by atoms with Crippen LogP contribution in [0.4, 0.5) is 10.8 Å². The number of anilines is 2. The lowest BCUT2D eigenvalue weighted by Crippen LogP contribution is -2.36. The number of fused-ring (bicyclic) bond motifs is 2. The van der Waals surface area contributed by atoms with Crippen molar-refractivity contribution in [1.82, 2.24) is 9.88 Å². The molecule has 1 amide bonds. The van der Waals surface area contributed by atoms with Gasteiger partial charge in [0, 0.05) is 25.2 Å². The zero-order chi connectivity index (χ0) is 27.7. The van der Waals surface area contributed by atoms with E-state index in [0.717, 1.165) is 10.3 Å². The molecule has 2 heterocycles. The summed E-state index contributed by atoms with van der Waals surface area (Å²) in [6.45, 7) is 1.39. The van der Waals surface area contributed by atoms with E-state index in [0.29, 0.717) is 59.5 Å². The number of benzene rings is 3. The summed E-state index contributed by atoms with van der Waals surface area (Å²) < 4.78 is 40.1. The smallest absolute Gasteiger partial charge is 0.264 e. The number of nitrogens with zero attached hydrogens (tertiary/aromatic N) is 4. The van der Waals surface area contributed by atoms with E-state index >= 15 is 0 Å². The molecule has 1 aromatic heterocycles. The summed E-state index contributed by atoms with van der Waals surface area (Å²) in [4.78, 5) is 22.3. The molecule has 0 saturated heterocycles. The van der Waals surface area contributed by atoms with Crippen molar-refractivity contribution in [3.05, 3.63) is 71.8 Å². The molecule has 0 spiro atoms. The van der Waals surface area contributed by atoms with Gasteiger partial charge in [0.15, 0.2) is 5.13 Å². The predicted molar refractivity (Wildman–Crippen MR) is 154 cm³/mol. The first-order valence-electron chi connectivity index (χ1n) is 12.4. The van der Waals surface area contributed by atoms with Crippen LogP contribution >= 0.6 is 11.3 Å². The Balaban J connectivity index is 1.47. The van der Waals surface area contributed by atoms with Gasteiger partial charge in [-0.1, -0.05) is 29.5 Å². The molecule has 0 unspecified atom stereocenters. The summed E-state index contributed by atoms with van der Waals surface area (Å²) in [5.74, 6) is 0.961. The first-order valence-corrected chi connectivity index (χ1v) is 14.7. The van der Waals surface area contributed by atoms with Gasteiger partial charge in [-0.25, -0.2) is 13.4 Å². The first-order chi connectivity index (χ1) is 18.7. The summed E-state index contributed by atoms with van der Waals surface area (Å²) in [5.41, 5.74) is 2.70. The highest BCUT2D eigenvalue weighted by molar-refractivity contribution is 7.92. The van der Waals surface area contributed by atoms with Crippen molar-refractivity contribution >= 4 is 48.3 Å². The van der Waals surface area contributed by atoms with E-state index < -0.39 is 10.0 Å². The fourth-order valence-corrected chi connectivity index (χ4v) is 7.19. The van der Waals surface area contributed by atoms with E-state index in [-0.39, 0.29) is 10.8 Å². The van der Waals surface area contributed by atoms with Crippen LogP contribution in [-0.2, 0) is 16.4 Å². The minimum absolute atomic E-state index is 0.144. The fourth-order valence-electron chi connectivity index (χ4n) is 4.58. The van der Waals surface area contributed by atoms with Gasteiger partial charge >= 0.3 is 0 Å². The van der Waals surface area contributed by atoms with Gasteiger partial charge in [-0.3, -0.25) is 14.0 Å². The van der Waals surface area contributed by atoms with Crippen LogP contribution in [0.1, 0.15) is 15.9 Å². The summed E-state index contributed by atoms with van der Waals surface area (Å²) in [7, 11) is 3.27. The lowest BCUT2D eigenvalue weighted by Gasteiger charge is -2.22. The van der Waals surface area contributed by atoms with E-state index in [1.54, 1.807) is 37.3 Å². The number of carbonyl (C=O) groups excluding carboxylic acids is 1. The number of rotatable bonds is 9. The maximum atomic E-state index is 13.8. The number of hydrogen-bond donors (Lipinski definition) is 0. The second kappa shape index (κ2) is 10.8. The van der Waals surface area contributed by atoms with Gasteiger partial charge in [-0.2, -0.15) is 0 Å². The molecule has 0 radical (unpaired) electrons. The number of ether oxygens (including phenoxy) is 2. The van der Waals surface area contributed by atoms with E-state index in [4.69, 9.17) is 14.5 Å². The number of para-hydroxylation sites is 1. The quantitative estimate of drug-likeness (QED) is 0.299. The van der Waals surface area contributed by atoms with Crippen molar-refractivity contribution in [1.29, 1.82) is 0 Å². The van der Waals surface area contributed by atoms with Crippen LogP contribution in [0, 0.1) is 0 Å². The van der Waals surface area contributed by atoms with E-state index in [1.807, 2.05) is 49.3 Å². The maximum Gasteiger partial charge on any atom is 0.264 e. The zero-order valence-electron chi connectivity index (χ0n) is 22.2. The molecular formula is C28H30N4O5S2. The molecule has 11 heteroatoms. The van der Waals surface area contributed by atoms with Gasteiger partial charge in [0.25, 0.3) is 15.9 Å². The number of methoxy groups -OCH3 is 2. The van der Waals surface area contributed by atoms with Gasteiger partial charge in [-0.05, 0) is 68.5 Å². The molecule has 0 bridgehead atoms. The van der Waals surface area contributed by atoms with Crippen LogP contribution < -0.4 is 18.7 Å². The van der Waals surface area contributed by atoms with Crippen molar-refractivity contribution in [2.45, 2.75) is 11.3 Å². The average molecular weight is 567 g/mol. The van der Waals surface area contributed by atoms with Crippen LogP contribution in [0.2, 0.25) is 0 Å². The Labute approximate surface area is 232 Å². The van der Waals surface area contributed by atoms with Gasteiger partial charge in [0.05, 0.1) is 24.8 Å². The standard InChI is InChI=1S/C28H30N4O5S2/c1-30(2)17-18-31(28-29-25-23(36-3)13-14-24(37-4)26(25)38-28)27(33)20-9-11-21(12-10-20)39(34,35)32-16-15-19-7-5-6-8-22(19)32/h5-14H,15-18H2,1-4H3. The number of sulfonamides is 1. The van der Waals surface area contributed by atoms with Gasteiger partial charge in [0.1, 0.15) is 21.7 Å². The molecule has 0 N–H and O–H groups in total. The second-order valence-corrected chi connectivity index (χ2v) is 12.2. The predicted octanol–water partition coefficient (Wildman–Crippen LogP) is 4.27. The largest absolute Gasteiger partial charge is 0.495 e. The Hall–Kier alpha value is -3.67. The van der Waals surface area contributed by atoms with Crippen molar-refractivity contribution in [3.63, 3.8) is 0 Å². The van der Waals surface area contributed by atoms with E-state index in [9.17, 15) is 13.2 Å². The topological polar surface area (TPSA) is 92.3 Å². The maximum absolute atomic E-state index is 13.8. The van der Waals surface area contributed by atoms with Crippen molar-refractivity contribution in [2.24, 2.45) is 0 Å². The van der Waals surface area contributed by atoms with Crippen LogP contribution in [0.25, 0.3) is 10.2 Å². The van der Waals surface area contributed by atoms with Crippen molar-refractivity contribution < 1.29 is 22.7 Å². The van der Waals surface area contributed by atoms with E-state index in [2.05, 4.69) is 0 Å². The Morgan fingerprint density at radius 2 is 1.67 bits per heavy atom. The Bertz CT molecular complexity index is 1580. The van der Waals surface area contributed by atoms with Crippen LogP contribution in [0.15, 0.2) is 65.6 Å². The Morgan fingerprint density at radius 3 is 2.36 bits per heavy atom. The van der Waals surface area contributed by atoms with Crippen molar-refractivity contribution in [2.75, 3.05) is 57.2 Å². The molecule has 4 aromatic rings. The zero-order valence-corrected chi connectivity index (χ0v) is 23.9. The van der Waals surface area contributed by atoms with Crippen molar-refractivity contribution in [3.8, 4) is 11.5 Å². The summed E-state index contributed by atoms with van der Waals surface area (Å²) in [6, 6.07) is 17.2. The van der Waals surface area contributed by atoms with Crippen LogP contribution in [0.5, 0.6) is 11.5 Å². The molecule has 1 aliphatic heterocycles. The number of carbonyl (C=O) groups is 1. The third kappa shape index (κ3) is 5.05. The average Bonchev–Trinajstić information content (AvgIpc) is 3.58. The van der Waals surface area contributed by atoms with Gasteiger partial charge < -0.3 is 14.4 Å². The molecule has 3 aromatic carbocycles. The highest BCUT2D eigenvalue weighted by Gasteiger charge is 2.31. The minimum atomic E-state index is -3.76. The molecule has 204 valence electrons. The van der Waals surface area contributed by atoms with Gasteiger partial charge in [0.2, 0.25) is 0 Å². The number of likely N-dealkylation sites (N-methyl/N-ethyl adjacent to an activating group) is 1. The number of aromatic nitrogens is 1. The molecule has 39 heavy (non-hydrogen) atoms. The molecule has 0 saturated carbocycles. The molecule has 5 rings (SSSR count). The molecule has 1 aliphatic rings. The molecule has 0 atom stereocenters. The summed E-state index contributed by atoms with van der Waals surface area (Å²) in [6.07, 6.45) is 0.671. The Morgan fingerprint density at radius 1 is 0.974 bits per heavy atom. The lowest BCUT2D eigenvalue weighted by atomic mass is 10.2. The van der Waals surface area contributed by atoms with Crippen LogP contribution in [0.3, 0.4) is 0 Å². The fraction of sp³-hybridized carbons (Fsp3) is 0.286. The number of thiazole rings is 1. The summed E-state index contributed by atoms with van der Waals surface area (Å²) in [5, 5.41) is 0.505. The number of amides is 1. The molecule has 9 nitrogen and oxygen atoms in total. The Kier molecular flexibility index (Phi) is 7.48. The monoisotopic (exact) mass is 566 g/mol. The SMILES string of the molecule is COc1ccc(OC)c2sc(N(CCN(C)C)C(=O)c3ccc(S(=O)(=O)N4CCc5ccccc54)cc3)nc12. The van der Waals surface area contributed by atoms with Crippen LogP contribution in [-0.4, -0.2) is 72.2 Å². The highest BCUT2D eigenvalue weighted by atomic mass is 32.2. The first kappa shape index (κ1) is 26.9. The molecular weight excluding hydrogens is 536 g/mol. The molecule has 0 fully saturated rings. The third-order valence-electron chi connectivity index (χ3n) is 6.68. The lowest BCUT2D eigenvalue weighted by molar-refractivity contribution is 0.0985. The summed E-state index contributed by atoms with van der Waals surface area (Å²) >= 11 is 1.35. The third-order valence-corrected chi connectivity index (χ3v) is 9.60. The number of hydrogen-bond acceptors (Lipinski definition) is 8. The highest BCUT2D eigenvalue weighted by Crippen LogP contribution is 2.40. The normalized spacial score (nSPS) is 13.1. The molecule has 0 aliphatic carbocycles. The van der Waals surface area contributed by atoms with E-state index in [1.165, 1.54) is 27.8 Å².